The van der Waals surface area contributed by atoms with Crippen LogP contribution in [0.5, 0.6) is 0 Å². The largest absolute Gasteiger partial charge is 0.375 e. The van der Waals surface area contributed by atoms with Gasteiger partial charge in [-0.25, -0.2) is 0 Å². The molecule has 62 valence electrons. The van der Waals surface area contributed by atoms with Crippen LogP contribution in [0.25, 0.3) is 0 Å². The Labute approximate surface area is 67.3 Å². The average molecular weight is 154 g/mol. The van der Waals surface area contributed by atoms with Crippen molar-refractivity contribution in [2.75, 3.05) is 13.2 Å². The minimum atomic E-state index is -0.109. The van der Waals surface area contributed by atoms with E-state index in [4.69, 9.17) is 10.00 Å². The summed E-state index contributed by atoms with van der Waals surface area (Å²) in [5.74, 6) is 0. The number of ether oxygens (including phenoxy) is 1. The summed E-state index contributed by atoms with van der Waals surface area (Å²) in [5, 5.41) is 11.8. The second kappa shape index (κ2) is 4.32. The van der Waals surface area contributed by atoms with Crippen molar-refractivity contribution in [1.29, 1.82) is 5.26 Å². The molecule has 1 aliphatic heterocycles. The summed E-state index contributed by atoms with van der Waals surface area (Å²) in [7, 11) is 0. The molecule has 1 N–H and O–H groups in total. The Morgan fingerprint density at radius 1 is 1.82 bits per heavy atom. The van der Waals surface area contributed by atoms with Gasteiger partial charge in [0.25, 0.3) is 0 Å². The molecule has 0 spiro atoms. The van der Waals surface area contributed by atoms with Crippen molar-refractivity contribution < 1.29 is 4.74 Å². The molecule has 0 aromatic carbocycles. The standard InChI is InChI=1S/C8H14N2O/c1-2-10-7(6-9)8-4-3-5-11-8/h7-8,10H,2-5H2,1H3. The highest BCUT2D eigenvalue weighted by molar-refractivity contribution is 4.96. The number of nitrogens with one attached hydrogen (secondary N) is 1. The average Bonchev–Trinajstić information content (AvgIpc) is 2.52. The van der Waals surface area contributed by atoms with Crippen LogP contribution in [0.1, 0.15) is 19.8 Å². The molecule has 0 bridgehead atoms. The monoisotopic (exact) mass is 154 g/mol. The third-order valence-electron chi connectivity index (χ3n) is 1.90. The normalized spacial score (nSPS) is 26.4. The first kappa shape index (κ1) is 8.51. The van der Waals surface area contributed by atoms with E-state index in [0.717, 1.165) is 26.0 Å². The van der Waals surface area contributed by atoms with Gasteiger partial charge in [0.15, 0.2) is 0 Å². The lowest BCUT2D eigenvalue weighted by Crippen LogP contribution is -2.38. The Kier molecular flexibility index (Phi) is 3.34. The quantitative estimate of drug-likeness (QED) is 0.649. The van der Waals surface area contributed by atoms with Gasteiger partial charge in [0.1, 0.15) is 6.04 Å². The summed E-state index contributed by atoms with van der Waals surface area (Å²) in [5.41, 5.74) is 0. The van der Waals surface area contributed by atoms with Gasteiger partial charge in [-0.3, -0.25) is 0 Å². The van der Waals surface area contributed by atoms with E-state index >= 15 is 0 Å². The van der Waals surface area contributed by atoms with Crippen LogP contribution in [0.4, 0.5) is 0 Å². The molecule has 2 unspecified atom stereocenters. The number of hydrogen-bond acceptors (Lipinski definition) is 3. The maximum absolute atomic E-state index is 8.73. The van der Waals surface area contributed by atoms with E-state index in [1.807, 2.05) is 6.92 Å². The maximum atomic E-state index is 8.73. The lowest BCUT2D eigenvalue weighted by Gasteiger charge is -2.15. The molecule has 1 saturated heterocycles. The van der Waals surface area contributed by atoms with Crippen molar-refractivity contribution in [1.82, 2.24) is 5.32 Å². The molecule has 0 amide bonds. The summed E-state index contributed by atoms with van der Waals surface area (Å²) in [6, 6.07) is 2.10. The first-order valence-corrected chi connectivity index (χ1v) is 4.13. The van der Waals surface area contributed by atoms with Crippen LogP contribution in [-0.4, -0.2) is 25.3 Å². The zero-order chi connectivity index (χ0) is 8.10. The summed E-state index contributed by atoms with van der Waals surface area (Å²) < 4.78 is 5.37. The number of nitrogens with zero attached hydrogens (tertiary/aromatic N) is 1. The lowest BCUT2D eigenvalue weighted by molar-refractivity contribution is 0.0938. The maximum Gasteiger partial charge on any atom is 0.122 e. The summed E-state index contributed by atoms with van der Waals surface area (Å²) >= 11 is 0. The molecular weight excluding hydrogens is 140 g/mol. The van der Waals surface area contributed by atoms with Crippen molar-refractivity contribution in [2.45, 2.75) is 31.9 Å². The Morgan fingerprint density at radius 3 is 3.09 bits per heavy atom. The molecule has 0 aliphatic carbocycles. The van der Waals surface area contributed by atoms with Crippen molar-refractivity contribution in [2.24, 2.45) is 0 Å². The van der Waals surface area contributed by atoms with Gasteiger partial charge in [-0.2, -0.15) is 5.26 Å². The highest BCUT2D eigenvalue weighted by Crippen LogP contribution is 2.14. The predicted octanol–water partition coefficient (Wildman–Crippen LogP) is 0.667. The van der Waals surface area contributed by atoms with Gasteiger partial charge < -0.3 is 10.1 Å². The highest BCUT2D eigenvalue weighted by atomic mass is 16.5. The number of hydrogen-bond donors (Lipinski definition) is 1. The van der Waals surface area contributed by atoms with Crippen molar-refractivity contribution >= 4 is 0 Å². The van der Waals surface area contributed by atoms with Crippen LogP contribution in [0.15, 0.2) is 0 Å². The second-order valence-corrected chi connectivity index (χ2v) is 2.72. The molecule has 0 saturated carbocycles. The fourth-order valence-corrected chi connectivity index (χ4v) is 1.35. The van der Waals surface area contributed by atoms with Gasteiger partial charge in [-0.1, -0.05) is 6.92 Å². The van der Waals surface area contributed by atoms with E-state index in [9.17, 15) is 0 Å². The smallest absolute Gasteiger partial charge is 0.122 e. The van der Waals surface area contributed by atoms with Crippen molar-refractivity contribution in [3.63, 3.8) is 0 Å². The fourth-order valence-electron chi connectivity index (χ4n) is 1.35. The molecule has 1 aliphatic rings. The predicted molar refractivity (Wildman–Crippen MR) is 42.1 cm³/mol. The van der Waals surface area contributed by atoms with Crippen molar-refractivity contribution in [3.05, 3.63) is 0 Å². The second-order valence-electron chi connectivity index (χ2n) is 2.72. The molecule has 1 heterocycles. The van der Waals surface area contributed by atoms with Crippen LogP contribution in [0, 0.1) is 11.3 Å². The van der Waals surface area contributed by atoms with Crippen LogP contribution >= 0.6 is 0 Å². The van der Waals surface area contributed by atoms with Crippen molar-refractivity contribution in [3.8, 4) is 6.07 Å². The zero-order valence-electron chi connectivity index (χ0n) is 6.84. The molecule has 0 aromatic heterocycles. The minimum absolute atomic E-state index is 0.109. The summed E-state index contributed by atoms with van der Waals surface area (Å²) in [6.07, 6.45) is 2.24. The van der Waals surface area contributed by atoms with E-state index < -0.39 is 0 Å². The van der Waals surface area contributed by atoms with Gasteiger partial charge in [-0.15, -0.1) is 0 Å². The fraction of sp³-hybridized carbons (Fsp3) is 0.875. The molecule has 3 nitrogen and oxygen atoms in total. The third-order valence-corrected chi connectivity index (χ3v) is 1.90. The lowest BCUT2D eigenvalue weighted by atomic mass is 10.1. The van der Waals surface area contributed by atoms with Crippen LogP contribution in [0.3, 0.4) is 0 Å². The van der Waals surface area contributed by atoms with E-state index in [-0.39, 0.29) is 12.1 Å². The Bertz CT molecular complexity index is 147. The highest BCUT2D eigenvalue weighted by Gasteiger charge is 2.24. The first-order valence-electron chi connectivity index (χ1n) is 4.13. The van der Waals surface area contributed by atoms with Gasteiger partial charge in [0.05, 0.1) is 12.2 Å². The minimum Gasteiger partial charge on any atom is -0.375 e. The van der Waals surface area contributed by atoms with E-state index in [1.165, 1.54) is 0 Å². The summed E-state index contributed by atoms with van der Waals surface area (Å²) in [4.78, 5) is 0. The van der Waals surface area contributed by atoms with Gasteiger partial charge in [0, 0.05) is 6.61 Å². The Morgan fingerprint density at radius 2 is 2.64 bits per heavy atom. The molecule has 0 radical (unpaired) electrons. The van der Waals surface area contributed by atoms with E-state index in [0.29, 0.717) is 0 Å². The summed E-state index contributed by atoms with van der Waals surface area (Å²) in [6.45, 7) is 3.64. The molecule has 2 atom stereocenters. The molecule has 11 heavy (non-hydrogen) atoms. The van der Waals surface area contributed by atoms with Gasteiger partial charge in [-0.05, 0) is 19.4 Å². The first-order chi connectivity index (χ1) is 5.38. The Hall–Kier alpha value is -0.590. The molecule has 1 fully saturated rings. The van der Waals surface area contributed by atoms with Gasteiger partial charge >= 0.3 is 0 Å². The van der Waals surface area contributed by atoms with Crippen LogP contribution < -0.4 is 5.32 Å². The number of nitriles is 1. The van der Waals surface area contributed by atoms with E-state index in [2.05, 4.69) is 11.4 Å². The topological polar surface area (TPSA) is 45.0 Å². The van der Waals surface area contributed by atoms with Gasteiger partial charge in [0.2, 0.25) is 0 Å². The molecule has 0 aromatic rings. The molecule has 1 rings (SSSR count). The number of likely N-dealkylation sites (N-methyl/N-ethyl adjacent to an activating group) is 1. The molecular formula is C8H14N2O. The Balaban J connectivity index is 2.35. The van der Waals surface area contributed by atoms with E-state index in [1.54, 1.807) is 0 Å². The molecule has 3 heteroatoms. The third kappa shape index (κ3) is 2.18. The number of rotatable bonds is 3. The van der Waals surface area contributed by atoms with Crippen LogP contribution in [0.2, 0.25) is 0 Å². The SMILES string of the molecule is CCNC(C#N)C1CCCO1. The van der Waals surface area contributed by atoms with Crippen LogP contribution in [-0.2, 0) is 4.74 Å². The zero-order valence-corrected chi connectivity index (χ0v) is 6.84.